The van der Waals surface area contributed by atoms with Crippen LogP contribution in [0.1, 0.15) is 22.0 Å². The Bertz CT molecular complexity index is 834. The van der Waals surface area contributed by atoms with Crippen molar-refractivity contribution >= 4 is 39.1 Å². The number of fused-ring (bicyclic) bond motifs is 1. The molecule has 0 spiro atoms. The van der Waals surface area contributed by atoms with Crippen molar-refractivity contribution in [2.45, 2.75) is 6.10 Å². The molecule has 3 aromatic rings. The zero-order valence-corrected chi connectivity index (χ0v) is 14.0. The summed E-state index contributed by atoms with van der Waals surface area (Å²) in [6.07, 6.45) is -0.292. The first-order valence-corrected chi connectivity index (χ1v) is 8.33. The Labute approximate surface area is 143 Å². The Morgan fingerprint density at radius 3 is 2.96 bits per heavy atom. The smallest absolute Gasteiger partial charge is 0.251 e. The number of ether oxygens (including phenoxy) is 1. The van der Waals surface area contributed by atoms with E-state index in [4.69, 9.17) is 16.3 Å². The topological polar surface area (TPSA) is 51.2 Å². The van der Waals surface area contributed by atoms with Gasteiger partial charge in [-0.2, -0.15) is 0 Å². The summed E-state index contributed by atoms with van der Waals surface area (Å²) in [5.41, 5.74) is 4.13. The highest BCUT2D eigenvalue weighted by Crippen LogP contribution is 2.24. The van der Waals surface area contributed by atoms with Gasteiger partial charge in [0.2, 0.25) is 0 Å². The van der Waals surface area contributed by atoms with E-state index in [0.717, 1.165) is 15.8 Å². The summed E-state index contributed by atoms with van der Waals surface area (Å²) in [6.45, 7) is 0.347. The number of amides is 1. The van der Waals surface area contributed by atoms with Crippen LogP contribution in [0.2, 0.25) is 5.02 Å². The number of nitrogens with zero attached hydrogens (tertiary/aromatic N) is 1. The summed E-state index contributed by atoms with van der Waals surface area (Å²) in [6, 6.07) is 12.9. The lowest BCUT2D eigenvalue weighted by atomic mass is 10.1. The first kappa shape index (κ1) is 15.9. The molecule has 6 heteroatoms. The lowest BCUT2D eigenvalue weighted by Gasteiger charge is -2.17. The molecule has 0 aliphatic carbocycles. The zero-order chi connectivity index (χ0) is 16.2. The average molecular weight is 347 g/mol. The Morgan fingerprint density at radius 1 is 1.35 bits per heavy atom. The number of carbonyl (C=O) groups excluding carboxylic acids is 1. The van der Waals surface area contributed by atoms with Crippen LogP contribution in [0.3, 0.4) is 0 Å². The van der Waals surface area contributed by atoms with Gasteiger partial charge in [0, 0.05) is 29.8 Å². The van der Waals surface area contributed by atoms with Gasteiger partial charge in [-0.25, -0.2) is 4.98 Å². The van der Waals surface area contributed by atoms with Crippen LogP contribution < -0.4 is 5.32 Å². The second kappa shape index (κ2) is 7.08. The van der Waals surface area contributed by atoms with Crippen LogP contribution in [-0.2, 0) is 4.74 Å². The van der Waals surface area contributed by atoms with Crippen molar-refractivity contribution in [3.63, 3.8) is 0 Å². The van der Waals surface area contributed by atoms with E-state index in [0.29, 0.717) is 17.1 Å². The molecule has 0 saturated carbocycles. The normalized spacial score (nSPS) is 12.3. The Kier molecular flexibility index (Phi) is 4.91. The largest absolute Gasteiger partial charge is 0.375 e. The average Bonchev–Trinajstić information content (AvgIpc) is 3.04. The fourth-order valence-electron chi connectivity index (χ4n) is 2.34. The molecule has 0 unspecified atom stereocenters. The Morgan fingerprint density at radius 2 is 2.17 bits per heavy atom. The number of carbonyl (C=O) groups is 1. The molecule has 0 aliphatic rings. The minimum absolute atomic E-state index is 0.144. The predicted molar refractivity (Wildman–Crippen MR) is 93.2 cm³/mol. The van der Waals surface area contributed by atoms with E-state index in [1.165, 1.54) is 11.3 Å². The van der Waals surface area contributed by atoms with Gasteiger partial charge in [-0.3, -0.25) is 4.79 Å². The van der Waals surface area contributed by atoms with Gasteiger partial charge in [0.1, 0.15) is 6.10 Å². The van der Waals surface area contributed by atoms with Crippen molar-refractivity contribution in [3.05, 3.63) is 64.1 Å². The molecule has 23 heavy (non-hydrogen) atoms. The maximum atomic E-state index is 12.3. The van der Waals surface area contributed by atoms with Gasteiger partial charge in [-0.15, -0.1) is 11.3 Å². The van der Waals surface area contributed by atoms with Crippen molar-refractivity contribution in [2.24, 2.45) is 0 Å². The number of aromatic nitrogens is 1. The molecule has 0 bridgehead atoms. The van der Waals surface area contributed by atoms with E-state index in [1.54, 1.807) is 18.7 Å². The summed E-state index contributed by atoms with van der Waals surface area (Å²) in [5, 5.41) is 3.52. The lowest BCUT2D eigenvalue weighted by molar-refractivity contribution is 0.0828. The molecule has 2 aromatic carbocycles. The third-order valence-corrected chi connectivity index (χ3v) is 4.71. The number of nitrogens with one attached hydrogen (secondary N) is 1. The molecule has 1 amide bonds. The third kappa shape index (κ3) is 3.52. The second-order valence-electron chi connectivity index (χ2n) is 4.99. The predicted octanol–water partition coefficient (Wildman–Crippen LogP) is 4.07. The van der Waals surface area contributed by atoms with Gasteiger partial charge >= 0.3 is 0 Å². The van der Waals surface area contributed by atoms with Crippen LogP contribution in [-0.4, -0.2) is 24.5 Å². The molecule has 0 fully saturated rings. The molecule has 4 nitrogen and oxygen atoms in total. The number of thiazole rings is 1. The van der Waals surface area contributed by atoms with Crippen LogP contribution in [0.15, 0.2) is 48.0 Å². The molecule has 0 aliphatic heterocycles. The van der Waals surface area contributed by atoms with Crippen molar-refractivity contribution < 1.29 is 9.53 Å². The summed E-state index contributed by atoms with van der Waals surface area (Å²) >= 11 is 7.70. The summed E-state index contributed by atoms with van der Waals surface area (Å²) < 4.78 is 6.45. The fraction of sp³-hybridized carbons (Fsp3) is 0.176. The maximum Gasteiger partial charge on any atom is 0.251 e. The molecule has 1 atom stereocenters. The molecule has 0 radical (unpaired) electrons. The molecule has 1 N–H and O–H groups in total. The van der Waals surface area contributed by atoms with E-state index in [1.807, 2.05) is 36.4 Å². The van der Waals surface area contributed by atoms with Crippen LogP contribution in [0.25, 0.3) is 10.2 Å². The number of benzene rings is 2. The van der Waals surface area contributed by atoms with Gasteiger partial charge in [0.15, 0.2) is 0 Å². The number of halogens is 1. The first-order valence-electron chi connectivity index (χ1n) is 7.07. The zero-order valence-electron chi connectivity index (χ0n) is 12.5. The van der Waals surface area contributed by atoms with E-state index >= 15 is 0 Å². The SMILES string of the molecule is CO[C@@H](CNC(=O)c1ccc2ncsc2c1)c1ccccc1Cl. The number of hydrogen-bond acceptors (Lipinski definition) is 4. The minimum Gasteiger partial charge on any atom is -0.375 e. The Hall–Kier alpha value is -1.95. The summed E-state index contributed by atoms with van der Waals surface area (Å²) in [7, 11) is 1.60. The molecule has 118 valence electrons. The number of methoxy groups -OCH3 is 1. The van der Waals surface area contributed by atoms with Crippen LogP contribution >= 0.6 is 22.9 Å². The molecule has 0 saturated heterocycles. The summed E-state index contributed by atoms with van der Waals surface area (Å²) in [4.78, 5) is 16.5. The van der Waals surface area contributed by atoms with Gasteiger partial charge in [-0.05, 0) is 24.3 Å². The molecule has 1 heterocycles. The molecule has 3 rings (SSSR count). The summed E-state index contributed by atoms with van der Waals surface area (Å²) in [5.74, 6) is -0.144. The first-order chi connectivity index (χ1) is 11.2. The van der Waals surface area contributed by atoms with E-state index in [2.05, 4.69) is 10.3 Å². The van der Waals surface area contributed by atoms with Crippen LogP contribution in [0, 0.1) is 0 Å². The second-order valence-corrected chi connectivity index (χ2v) is 6.28. The number of rotatable bonds is 5. The van der Waals surface area contributed by atoms with E-state index in [-0.39, 0.29) is 12.0 Å². The third-order valence-electron chi connectivity index (χ3n) is 3.58. The molecular formula is C17H15ClN2O2S. The van der Waals surface area contributed by atoms with Gasteiger partial charge in [0.25, 0.3) is 5.91 Å². The fourth-order valence-corrected chi connectivity index (χ4v) is 3.31. The van der Waals surface area contributed by atoms with Crippen LogP contribution in [0.5, 0.6) is 0 Å². The van der Waals surface area contributed by atoms with Crippen LogP contribution in [0.4, 0.5) is 0 Å². The van der Waals surface area contributed by atoms with E-state index < -0.39 is 0 Å². The number of hydrogen-bond donors (Lipinski definition) is 1. The Balaban J connectivity index is 1.71. The highest BCUT2D eigenvalue weighted by molar-refractivity contribution is 7.16. The maximum absolute atomic E-state index is 12.3. The highest BCUT2D eigenvalue weighted by Gasteiger charge is 2.15. The quantitative estimate of drug-likeness (QED) is 0.757. The van der Waals surface area contributed by atoms with E-state index in [9.17, 15) is 4.79 Å². The highest BCUT2D eigenvalue weighted by atomic mass is 35.5. The van der Waals surface area contributed by atoms with Gasteiger partial charge < -0.3 is 10.1 Å². The monoisotopic (exact) mass is 346 g/mol. The van der Waals surface area contributed by atoms with Crippen molar-refractivity contribution in [1.29, 1.82) is 0 Å². The van der Waals surface area contributed by atoms with Crippen molar-refractivity contribution in [3.8, 4) is 0 Å². The van der Waals surface area contributed by atoms with Gasteiger partial charge in [-0.1, -0.05) is 29.8 Å². The standard InChI is InChI=1S/C17H15ClN2O2S/c1-22-15(12-4-2-3-5-13(12)18)9-19-17(21)11-6-7-14-16(8-11)23-10-20-14/h2-8,10,15H,9H2,1H3,(H,19,21)/t15-/m0/s1. The minimum atomic E-state index is -0.292. The van der Waals surface area contributed by atoms with Crippen molar-refractivity contribution in [2.75, 3.05) is 13.7 Å². The van der Waals surface area contributed by atoms with Crippen molar-refractivity contribution in [1.82, 2.24) is 10.3 Å². The molecular weight excluding hydrogens is 332 g/mol. The van der Waals surface area contributed by atoms with Gasteiger partial charge in [0.05, 0.1) is 15.7 Å². The molecule has 1 aromatic heterocycles. The lowest BCUT2D eigenvalue weighted by Crippen LogP contribution is -2.29.